The molecular formula is C11H14N4O. The van der Waals surface area contributed by atoms with E-state index in [9.17, 15) is 4.79 Å². The van der Waals surface area contributed by atoms with Crippen molar-refractivity contribution in [2.24, 2.45) is 0 Å². The topological polar surface area (TPSA) is 52.7 Å². The second-order valence-electron chi connectivity index (χ2n) is 3.67. The Morgan fingerprint density at radius 2 is 2.31 bits per heavy atom. The average molecular weight is 218 g/mol. The number of nitrogens with zero attached hydrogens (tertiary/aromatic N) is 4. The van der Waals surface area contributed by atoms with Gasteiger partial charge in [0.1, 0.15) is 5.69 Å². The first-order chi connectivity index (χ1) is 7.83. The molecule has 2 heterocycles. The molecular weight excluding hydrogens is 204 g/mol. The number of hydrogen-bond acceptors (Lipinski definition) is 3. The van der Waals surface area contributed by atoms with Crippen molar-refractivity contribution in [1.29, 1.82) is 0 Å². The summed E-state index contributed by atoms with van der Waals surface area (Å²) in [6, 6.07) is 0. The molecule has 0 amide bonds. The molecule has 2 aromatic heterocycles. The molecule has 0 spiro atoms. The normalized spacial score (nSPS) is 10.6. The summed E-state index contributed by atoms with van der Waals surface area (Å²) >= 11 is 0. The highest BCUT2D eigenvalue weighted by molar-refractivity contribution is 5.70. The van der Waals surface area contributed by atoms with E-state index in [2.05, 4.69) is 21.5 Å². The van der Waals surface area contributed by atoms with Gasteiger partial charge in [-0.2, -0.15) is 0 Å². The van der Waals surface area contributed by atoms with Crippen LogP contribution < -0.4 is 0 Å². The van der Waals surface area contributed by atoms with Gasteiger partial charge in [0.15, 0.2) is 6.29 Å². The van der Waals surface area contributed by atoms with Crippen LogP contribution in [-0.2, 0) is 13.1 Å². The minimum absolute atomic E-state index is 0.460. The monoisotopic (exact) mass is 218 g/mol. The highest BCUT2D eigenvalue weighted by Crippen LogP contribution is 2.04. The molecule has 0 saturated carbocycles. The predicted molar refractivity (Wildman–Crippen MR) is 59.2 cm³/mol. The van der Waals surface area contributed by atoms with Gasteiger partial charge in [-0.1, -0.05) is 6.92 Å². The van der Waals surface area contributed by atoms with Crippen LogP contribution in [0.15, 0.2) is 25.0 Å². The van der Waals surface area contributed by atoms with Gasteiger partial charge in [-0.05, 0) is 6.42 Å². The zero-order valence-corrected chi connectivity index (χ0v) is 9.21. The van der Waals surface area contributed by atoms with Crippen LogP contribution in [-0.4, -0.2) is 25.4 Å². The Labute approximate surface area is 93.8 Å². The van der Waals surface area contributed by atoms with E-state index in [-0.39, 0.29) is 0 Å². The van der Waals surface area contributed by atoms with Crippen molar-refractivity contribution in [1.82, 2.24) is 19.1 Å². The fourth-order valence-corrected chi connectivity index (χ4v) is 1.63. The summed E-state index contributed by atoms with van der Waals surface area (Å²) < 4.78 is 3.99. The Morgan fingerprint density at radius 1 is 1.44 bits per heavy atom. The molecule has 5 heteroatoms. The van der Waals surface area contributed by atoms with E-state index in [1.807, 2.05) is 17.1 Å². The summed E-state index contributed by atoms with van der Waals surface area (Å²) in [5.74, 6) is 0. The zero-order chi connectivity index (χ0) is 11.4. The summed E-state index contributed by atoms with van der Waals surface area (Å²) in [6.07, 6.45) is 8.89. The standard InChI is InChI=1S/C11H14N4O/c1-2-3-15-8-12-4-11(15)6-14-5-10(7-16)13-9-14/h4-5,7-9H,2-3,6H2,1H3. The van der Waals surface area contributed by atoms with E-state index < -0.39 is 0 Å². The largest absolute Gasteiger partial charge is 0.333 e. The number of aromatic nitrogens is 4. The SMILES string of the molecule is CCCn1cncc1Cn1cnc(C=O)c1. The number of rotatable bonds is 5. The maximum Gasteiger partial charge on any atom is 0.169 e. The lowest BCUT2D eigenvalue weighted by Crippen LogP contribution is -2.05. The van der Waals surface area contributed by atoms with Crippen molar-refractivity contribution in [3.05, 3.63) is 36.4 Å². The molecule has 0 saturated heterocycles. The van der Waals surface area contributed by atoms with E-state index in [1.54, 1.807) is 12.5 Å². The lowest BCUT2D eigenvalue weighted by atomic mass is 10.4. The Balaban J connectivity index is 2.13. The first kappa shape index (κ1) is 10.6. The smallest absolute Gasteiger partial charge is 0.169 e. The molecule has 2 aromatic rings. The van der Waals surface area contributed by atoms with Gasteiger partial charge in [-0.25, -0.2) is 9.97 Å². The second kappa shape index (κ2) is 4.74. The van der Waals surface area contributed by atoms with Crippen LogP contribution in [0, 0.1) is 0 Å². The van der Waals surface area contributed by atoms with E-state index in [0.29, 0.717) is 12.2 Å². The van der Waals surface area contributed by atoms with Gasteiger partial charge >= 0.3 is 0 Å². The highest BCUT2D eigenvalue weighted by atomic mass is 16.1. The Kier molecular flexibility index (Phi) is 3.14. The van der Waals surface area contributed by atoms with Crippen LogP contribution >= 0.6 is 0 Å². The fraction of sp³-hybridized carbons (Fsp3) is 0.364. The molecule has 0 aliphatic carbocycles. The summed E-state index contributed by atoms with van der Waals surface area (Å²) in [6.45, 7) is 3.79. The lowest BCUT2D eigenvalue weighted by molar-refractivity contribution is 0.111. The minimum Gasteiger partial charge on any atom is -0.333 e. The number of aryl methyl sites for hydroxylation is 1. The zero-order valence-electron chi connectivity index (χ0n) is 9.21. The molecule has 0 aliphatic heterocycles. The molecule has 0 aliphatic rings. The lowest BCUT2D eigenvalue weighted by Gasteiger charge is -2.06. The molecule has 0 atom stereocenters. The first-order valence-electron chi connectivity index (χ1n) is 5.29. The van der Waals surface area contributed by atoms with Gasteiger partial charge < -0.3 is 9.13 Å². The second-order valence-corrected chi connectivity index (χ2v) is 3.67. The van der Waals surface area contributed by atoms with Gasteiger partial charge in [-0.3, -0.25) is 4.79 Å². The molecule has 16 heavy (non-hydrogen) atoms. The number of carbonyl (C=O) groups is 1. The van der Waals surface area contributed by atoms with Crippen LogP contribution in [0.4, 0.5) is 0 Å². The van der Waals surface area contributed by atoms with Crippen molar-refractivity contribution in [3.8, 4) is 0 Å². The van der Waals surface area contributed by atoms with Crippen LogP contribution in [0.1, 0.15) is 29.5 Å². The van der Waals surface area contributed by atoms with Crippen molar-refractivity contribution in [2.75, 3.05) is 0 Å². The fourth-order valence-electron chi connectivity index (χ4n) is 1.63. The Bertz CT molecular complexity index is 472. The highest BCUT2D eigenvalue weighted by Gasteiger charge is 2.03. The molecule has 0 N–H and O–H groups in total. The molecule has 84 valence electrons. The number of hydrogen-bond donors (Lipinski definition) is 0. The molecule has 0 radical (unpaired) electrons. The van der Waals surface area contributed by atoms with Gasteiger partial charge in [0.25, 0.3) is 0 Å². The third-order valence-electron chi connectivity index (χ3n) is 2.38. The number of aldehydes is 1. The minimum atomic E-state index is 0.460. The van der Waals surface area contributed by atoms with Crippen molar-refractivity contribution >= 4 is 6.29 Å². The van der Waals surface area contributed by atoms with E-state index in [1.165, 1.54) is 0 Å². The summed E-state index contributed by atoms with van der Waals surface area (Å²) in [5, 5.41) is 0. The summed E-state index contributed by atoms with van der Waals surface area (Å²) in [4.78, 5) is 18.6. The van der Waals surface area contributed by atoms with Gasteiger partial charge in [0.05, 0.1) is 24.9 Å². The molecule has 0 unspecified atom stereocenters. The predicted octanol–water partition coefficient (Wildman–Crippen LogP) is 1.35. The van der Waals surface area contributed by atoms with Crippen LogP contribution in [0.2, 0.25) is 0 Å². The Hall–Kier alpha value is -1.91. The summed E-state index contributed by atoms with van der Waals surface area (Å²) in [7, 11) is 0. The van der Waals surface area contributed by atoms with E-state index >= 15 is 0 Å². The van der Waals surface area contributed by atoms with Gasteiger partial charge in [0, 0.05) is 18.9 Å². The first-order valence-corrected chi connectivity index (χ1v) is 5.29. The van der Waals surface area contributed by atoms with E-state index in [0.717, 1.165) is 24.9 Å². The van der Waals surface area contributed by atoms with Crippen LogP contribution in [0.3, 0.4) is 0 Å². The van der Waals surface area contributed by atoms with E-state index in [4.69, 9.17) is 0 Å². The van der Waals surface area contributed by atoms with Crippen molar-refractivity contribution in [3.63, 3.8) is 0 Å². The molecule has 0 aromatic carbocycles. The Morgan fingerprint density at radius 3 is 3.00 bits per heavy atom. The maximum absolute atomic E-state index is 10.5. The third-order valence-corrected chi connectivity index (χ3v) is 2.38. The molecule has 5 nitrogen and oxygen atoms in total. The molecule has 2 rings (SSSR count). The van der Waals surface area contributed by atoms with Crippen LogP contribution in [0.25, 0.3) is 0 Å². The summed E-state index contributed by atoms with van der Waals surface area (Å²) in [5.41, 5.74) is 1.58. The number of carbonyl (C=O) groups excluding carboxylic acids is 1. The third kappa shape index (κ3) is 2.18. The average Bonchev–Trinajstić information content (AvgIpc) is 2.90. The molecule has 0 fully saturated rings. The quantitative estimate of drug-likeness (QED) is 0.712. The maximum atomic E-state index is 10.5. The van der Waals surface area contributed by atoms with Crippen molar-refractivity contribution < 1.29 is 4.79 Å². The van der Waals surface area contributed by atoms with Crippen LogP contribution in [0.5, 0.6) is 0 Å². The number of imidazole rings is 2. The van der Waals surface area contributed by atoms with Crippen molar-refractivity contribution in [2.45, 2.75) is 26.4 Å². The molecule has 0 bridgehead atoms. The van der Waals surface area contributed by atoms with Gasteiger partial charge in [-0.15, -0.1) is 0 Å². The van der Waals surface area contributed by atoms with Gasteiger partial charge in [0.2, 0.25) is 0 Å².